The molecular weight excluding hydrogens is 322 g/mol. The number of aromatic hydroxyl groups is 1. The molecule has 0 aliphatic carbocycles. The van der Waals surface area contributed by atoms with Crippen molar-refractivity contribution in [3.8, 4) is 5.75 Å². The molecule has 2 rings (SSSR count). The Kier molecular flexibility index (Phi) is 6.28. The molecular formula is C19H19NO5. The van der Waals surface area contributed by atoms with Crippen LogP contribution in [0.2, 0.25) is 0 Å². The van der Waals surface area contributed by atoms with Gasteiger partial charge in [-0.2, -0.15) is 0 Å². The molecule has 0 aromatic heterocycles. The molecule has 0 bridgehead atoms. The number of phenols is 1. The van der Waals surface area contributed by atoms with Crippen LogP contribution in [0.1, 0.15) is 22.8 Å². The maximum atomic E-state index is 12.0. The van der Waals surface area contributed by atoms with Crippen LogP contribution in [0.15, 0.2) is 54.6 Å². The predicted molar refractivity (Wildman–Crippen MR) is 91.1 cm³/mol. The van der Waals surface area contributed by atoms with Gasteiger partial charge in [0.15, 0.2) is 12.4 Å². The number of amides is 1. The van der Waals surface area contributed by atoms with Crippen molar-refractivity contribution in [1.29, 1.82) is 0 Å². The molecule has 0 saturated carbocycles. The number of nitrogens with one attached hydrogen (secondary N) is 1. The van der Waals surface area contributed by atoms with Gasteiger partial charge in [-0.25, -0.2) is 4.79 Å². The van der Waals surface area contributed by atoms with Gasteiger partial charge >= 0.3 is 5.97 Å². The lowest BCUT2D eigenvalue weighted by Gasteiger charge is -2.16. The summed E-state index contributed by atoms with van der Waals surface area (Å²) >= 11 is 0. The lowest BCUT2D eigenvalue weighted by Crippen LogP contribution is -2.43. The molecule has 0 aliphatic heterocycles. The van der Waals surface area contributed by atoms with E-state index in [1.54, 1.807) is 12.1 Å². The fourth-order valence-electron chi connectivity index (χ4n) is 2.24. The lowest BCUT2D eigenvalue weighted by atomic mass is 10.0. The highest BCUT2D eigenvalue weighted by Crippen LogP contribution is 2.16. The van der Waals surface area contributed by atoms with E-state index < -0.39 is 24.5 Å². The average Bonchev–Trinajstić information content (AvgIpc) is 2.60. The van der Waals surface area contributed by atoms with Crippen LogP contribution in [-0.4, -0.2) is 35.4 Å². The van der Waals surface area contributed by atoms with E-state index in [0.29, 0.717) is 6.42 Å². The van der Waals surface area contributed by atoms with Crippen LogP contribution in [-0.2, 0) is 20.7 Å². The molecule has 130 valence electrons. The van der Waals surface area contributed by atoms with Crippen molar-refractivity contribution in [3.63, 3.8) is 0 Å². The number of hydrogen-bond donors (Lipinski definition) is 2. The fourth-order valence-corrected chi connectivity index (χ4v) is 2.24. The highest BCUT2D eigenvalue weighted by atomic mass is 16.5. The van der Waals surface area contributed by atoms with Crippen molar-refractivity contribution in [2.45, 2.75) is 19.4 Å². The van der Waals surface area contributed by atoms with E-state index >= 15 is 0 Å². The molecule has 0 aliphatic rings. The van der Waals surface area contributed by atoms with E-state index in [2.05, 4.69) is 5.32 Å². The summed E-state index contributed by atoms with van der Waals surface area (Å²) in [5.74, 6) is -1.81. The van der Waals surface area contributed by atoms with Crippen LogP contribution < -0.4 is 5.32 Å². The van der Waals surface area contributed by atoms with Crippen molar-refractivity contribution in [1.82, 2.24) is 5.32 Å². The van der Waals surface area contributed by atoms with Gasteiger partial charge in [-0.05, 0) is 31.0 Å². The standard InChI is InChI=1S/C19H19NO5/c1-13(21)16(11-14-7-3-2-4-8-14)20-18(23)12-25-19(24)15-9-5-6-10-17(15)22/h2-10,16,22H,11-12H2,1H3,(H,20,23)/t16-/m1/s1. The zero-order valence-electron chi connectivity index (χ0n) is 13.8. The van der Waals surface area contributed by atoms with Crippen LogP contribution in [0.5, 0.6) is 5.75 Å². The van der Waals surface area contributed by atoms with Crippen molar-refractivity contribution < 1.29 is 24.2 Å². The molecule has 6 nitrogen and oxygen atoms in total. The number of benzene rings is 2. The van der Waals surface area contributed by atoms with Gasteiger partial charge in [-0.1, -0.05) is 42.5 Å². The zero-order valence-corrected chi connectivity index (χ0v) is 13.8. The van der Waals surface area contributed by atoms with E-state index in [0.717, 1.165) is 5.56 Å². The molecule has 2 aromatic rings. The maximum Gasteiger partial charge on any atom is 0.342 e. The number of hydrogen-bond acceptors (Lipinski definition) is 5. The van der Waals surface area contributed by atoms with Gasteiger partial charge in [0.25, 0.3) is 5.91 Å². The molecule has 1 amide bonds. The normalized spacial score (nSPS) is 11.4. The summed E-state index contributed by atoms with van der Waals surface area (Å²) in [6.45, 7) is 0.855. The van der Waals surface area contributed by atoms with E-state index in [-0.39, 0.29) is 17.1 Å². The number of ether oxygens (including phenoxy) is 1. The smallest absolute Gasteiger partial charge is 0.342 e. The summed E-state index contributed by atoms with van der Waals surface area (Å²) in [4.78, 5) is 35.5. The third kappa shape index (κ3) is 5.46. The minimum atomic E-state index is -0.810. The molecule has 1 atom stereocenters. The molecule has 2 N–H and O–H groups in total. The Morgan fingerprint density at radius 3 is 2.32 bits per heavy atom. The first-order chi connectivity index (χ1) is 12.0. The van der Waals surface area contributed by atoms with Gasteiger partial charge < -0.3 is 15.2 Å². The van der Waals surface area contributed by atoms with Crippen LogP contribution in [0.25, 0.3) is 0 Å². The molecule has 0 saturated heterocycles. The van der Waals surface area contributed by atoms with E-state index in [4.69, 9.17) is 4.74 Å². The van der Waals surface area contributed by atoms with Crippen molar-refractivity contribution in [2.24, 2.45) is 0 Å². The molecule has 0 spiro atoms. The van der Waals surface area contributed by atoms with Gasteiger partial charge in [0.05, 0.1) is 6.04 Å². The summed E-state index contributed by atoms with van der Waals surface area (Å²) in [6, 6.07) is 14.5. The first-order valence-corrected chi connectivity index (χ1v) is 7.76. The summed E-state index contributed by atoms with van der Waals surface area (Å²) in [7, 11) is 0. The number of rotatable bonds is 7. The minimum absolute atomic E-state index is 0.0253. The highest BCUT2D eigenvalue weighted by Gasteiger charge is 2.19. The second-order valence-electron chi connectivity index (χ2n) is 5.51. The number of carbonyl (C=O) groups is 3. The van der Waals surface area contributed by atoms with E-state index in [1.807, 2.05) is 30.3 Å². The fraction of sp³-hybridized carbons (Fsp3) is 0.211. The van der Waals surface area contributed by atoms with Crippen molar-refractivity contribution >= 4 is 17.7 Å². The monoisotopic (exact) mass is 341 g/mol. The highest BCUT2D eigenvalue weighted by molar-refractivity contribution is 5.94. The quantitative estimate of drug-likeness (QED) is 0.750. The molecule has 0 radical (unpaired) electrons. The van der Waals surface area contributed by atoms with Gasteiger partial charge in [-0.3, -0.25) is 9.59 Å². The molecule has 6 heteroatoms. The summed E-state index contributed by atoms with van der Waals surface area (Å²) < 4.78 is 4.88. The van der Waals surface area contributed by atoms with Gasteiger partial charge in [0.2, 0.25) is 0 Å². The van der Waals surface area contributed by atoms with Crippen LogP contribution >= 0.6 is 0 Å². The second kappa shape index (κ2) is 8.63. The number of ketones is 1. The Morgan fingerprint density at radius 1 is 1.04 bits per heavy atom. The van der Waals surface area contributed by atoms with Gasteiger partial charge in [0.1, 0.15) is 11.3 Å². The number of carbonyl (C=O) groups excluding carboxylic acids is 3. The topological polar surface area (TPSA) is 92.7 Å². The van der Waals surface area contributed by atoms with E-state index in [1.165, 1.54) is 19.1 Å². The van der Waals surface area contributed by atoms with Crippen molar-refractivity contribution in [2.75, 3.05) is 6.61 Å². The largest absolute Gasteiger partial charge is 0.507 e. The zero-order chi connectivity index (χ0) is 18.2. The van der Waals surface area contributed by atoms with E-state index in [9.17, 15) is 19.5 Å². The first kappa shape index (κ1) is 18.2. The number of phenolic OH excluding ortho intramolecular Hbond substituents is 1. The predicted octanol–water partition coefficient (Wildman–Crippen LogP) is 1.87. The molecule has 0 unspecified atom stereocenters. The number of esters is 1. The van der Waals surface area contributed by atoms with Crippen LogP contribution in [0.4, 0.5) is 0 Å². The lowest BCUT2D eigenvalue weighted by molar-refractivity contribution is -0.128. The first-order valence-electron chi connectivity index (χ1n) is 7.76. The Balaban J connectivity index is 1.90. The Labute approximate surface area is 145 Å². The summed E-state index contributed by atoms with van der Waals surface area (Å²) in [5.41, 5.74) is 0.886. The number of para-hydroxylation sites is 1. The Hall–Kier alpha value is -3.15. The average molecular weight is 341 g/mol. The third-order valence-electron chi connectivity index (χ3n) is 3.57. The SMILES string of the molecule is CC(=O)[C@@H](Cc1ccccc1)NC(=O)COC(=O)c1ccccc1O. The number of Topliss-reactive ketones (excluding diaryl/α,β-unsaturated/α-hetero) is 1. The molecule has 0 fully saturated rings. The Morgan fingerprint density at radius 2 is 1.68 bits per heavy atom. The Bertz CT molecular complexity index is 757. The maximum absolute atomic E-state index is 12.0. The molecule has 2 aromatic carbocycles. The minimum Gasteiger partial charge on any atom is -0.507 e. The van der Waals surface area contributed by atoms with Crippen molar-refractivity contribution in [3.05, 3.63) is 65.7 Å². The summed E-state index contributed by atoms with van der Waals surface area (Å²) in [5, 5.41) is 12.1. The van der Waals surface area contributed by atoms with Crippen LogP contribution in [0.3, 0.4) is 0 Å². The van der Waals surface area contributed by atoms with Gasteiger partial charge in [0, 0.05) is 0 Å². The second-order valence-corrected chi connectivity index (χ2v) is 5.51. The van der Waals surface area contributed by atoms with Gasteiger partial charge in [-0.15, -0.1) is 0 Å². The summed E-state index contributed by atoms with van der Waals surface area (Å²) in [6.07, 6.45) is 0.356. The van der Waals surface area contributed by atoms with Crippen LogP contribution in [0, 0.1) is 0 Å². The molecule has 0 heterocycles. The molecule has 25 heavy (non-hydrogen) atoms. The third-order valence-corrected chi connectivity index (χ3v) is 3.57.